The van der Waals surface area contributed by atoms with Gasteiger partial charge in [-0.2, -0.15) is 5.10 Å². The van der Waals surface area contributed by atoms with E-state index < -0.39 is 11.9 Å². The second-order valence-electron chi connectivity index (χ2n) is 4.06. The molecule has 0 aliphatic heterocycles. The number of aliphatic carboxylic acids is 1. The number of aromatic amines is 1. The zero-order chi connectivity index (χ0) is 14.4. The fourth-order valence-corrected chi connectivity index (χ4v) is 1.61. The average molecular weight is 271 g/mol. The molecule has 0 aliphatic rings. The van der Waals surface area contributed by atoms with E-state index in [1.165, 1.54) is 0 Å². The topological polar surface area (TPSA) is 95.1 Å². The van der Waals surface area contributed by atoms with Gasteiger partial charge < -0.3 is 10.4 Å². The molecule has 0 atom stereocenters. The molecule has 102 valence electrons. The number of H-pyrrole nitrogens is 1. The van der Waals surface area contributed by atoms with Crippen LogP contribution in [0.15, 0.2) is 48.7 Å². The van der Waals surface area contributed by atoms with Crippen molar-refractivity contribution in [1.29, 1.82) is 0 Å². The van der Waals surface area contributed by atoms with Crippen molar-refractivity contribution in [1.82, 2.24) is 15.5 Å². The predicted molar refractivity (Wildman–Crippen MR) is 72.6 cm³/mol. The highest BCUT2D eigenvalue weighted by atomic mass is 16.4. The molecule has 6 nitrogen and oxygen atoms in total. The third-order valence-corrected chi connectivity index (χ3v) is 2.61. The largest absolute Gasteiger partial charge is 0.478 e. The summed E-state index contributed by atoms with van der Waals surface area (Å²) in [6.07, 6.45) is 3.47. The van der Waals surface area contributed by atoms with Gasteiger partial charge in [0.25, 0.3) is 0 Å². The molecule has 0 fully saturated rings. The Hall–Kier alpha value is -2.89. The van der Waals surface area contributed by atoms with Gasteiger partial charge in [-0.05, 0) is 17.2 Å². The van der Waals surface area contributed by atoms with E-state index in [1.54, 1.807) is 6.20 Å². The second kappa shape index (κ2) is 6.33. The molecule has 2 aromatic rings. The van der Waals surface area contributed by atoms with E-state index in [9.17, 15) is 9.59 Å². The first-order valence-electron chi connectivity index (χ1n) is 5.92. The maximum atomic E-state index is 11.3. The molecule has 1 heterocycles. The molecule has 0 saturated heterocycles. The molecule has 1 aromatic carbocycles. The number of carbonyl (C=O) groups is 2. The van der Waals surface area contributed by atoms with E-state index in [-0.39, 0.29) is 0 Å². The zero-order valence-electron chi connectivity index (χ0n) is 10.5. The average Bonchev–Trinajstić information content (AvgIpc) is 2.97. The van der Waals surface area contributed by atoms with Gasteiger partial charge in [-0.15, -0.1) is 0 Å². The molecule has 0 saturated carbocycles. The Kier molecular flexibility index (Phi) is 4.28. The van der Waals surface area contributed by atoms with Gasteiger partial charge in [-0.1, -0.05) is 24.3 Å². The Balaban J connectivity index is 1.91. The summed E-state index contributed by atoms with van der Waals surface area (Å²) in [5.74, 6) is -1.59. The lowest BCUT2D eigenvalue weighted by Gasteiger charge is -2.04. The third kappa shape index (κ3) is 3.81. The third-order valence-electron chi connectivity index (χ3n) is 2.61. The molecule has 1 amide bonds. The summed E-state index contributed by atoms with van der Waals surface area (Å²) < 4.78 is 0. The van der Waals surface area contributed by atoms with Crippen LogP contribution >= 0.6 is 0 Å². The molecule has 0 bridgehead atoms. The van der Waals surface area contributed by atoms with Crippen molar-refractivity contribution in [2.24, 2.45) is 0 Å². The van der Waals surface area contributed by atoms with E-state index >= 15 is 0 Å². The van der Waals surface area contributed by atoms with Crippen LogP contribution in [0.2, 0.25) is 0 Å². The molecule has 20 heavy (non-hydrogen) atoms. The van der Waals surface area contributed by atoms with Crippen LogP contribution in [0, 0.1) is 0 Å². The van der Waals surface area contributed by atoms with Gasteiger partial charge in [-0.25, -0.2) is 4.79 Å². The lowest BCUT2D eigenvalue weighted by molar-refractivity contribution is -0.131. The number of aromatic nitrogens is 2. The number of carboxylic acid groups (broad SMARTS) is 1. The van der Waals surface area contributed by atoms with Crippen molar-refractivity contribution in [2.75, 3.05) is 0 Å². The maximum Gasteiger partial charge on any atom is 0.328 e. The zero-order valence-corrected chi connectivity index (χ0v) is 10.5. The first kappa shape index (κ1) is 13.5. The van der Waals surface area contributed by atoms with Crippen LogP contribution in [-0.4, -0.2) is 27.2 Å². The van der Waals surface area contributed by atoms with E-state index in [1.807, 2.05) is 30.3 Å². The van der Waals surface area contributed by atoms with Crippen molar-refractivity contribution in [3.8, 4) is 11.3 Å². The van der Waals surface area contributed by atoms with Crippen molar-refractivity contribution < 1.29 is 14.7 Å². The van der Waals surface area contributed by atoms with Crippen molar-refractivity contribution in [3.05, 3.63) is 54.2 Å². The summed E-state index contributed by atoms with van der Waals surface area (Å²) in [6, 6.07) is 9.48. The Morgan fingerprint density at radius 2 is 1.95 bits per heavy atom. The summed E-state index contributed by atoms with van der Waals surface area (Å²) in [7, 11) is 0. The summed E-state index contributed by atoms with van der Waals surface area (Å²) in [5, 5.41) is 17.7. The van der Waals surface area contributed by atoms with Crippen LogP contribution in [0.3, 0.4) is 0 Å². The minimum Gasteiger partial charge on any atom is -0.478 e. The van der Waals surface area contributed by atoms with E-state index in [0.717, 1.165) is 29.0 Å². The SMILES string of the molecule is O=C(O)C=CC(=O)NCc1ccc(-c2ccn[nH]2)cc1. The number of hydrogen-bond donors (Lipinski definition) is 3. The smallest absolute Gasteiger partial charge is 0.328 e. The number of carbonyl (C=O) groups excluding carboxylic acids is 1. The minimum atomic E-state index is -1.15. The molecular formula is C14H13N3O3. The van der Waals surface area contributed by atoms with Gasteiger partial charge in [0.1, 0.15) is 0 Å². The predicted octanol–water partition coefficient (Wildman–Crippen LogP) is 1.33. The fraction of sp³-hybridized carbons (Fsp3) is 0.0714. The molecule has 2 rings (SSSR count). The van der Waals surface area contributed by atoms with Crippen molar-refractivity contribution >= 4 is 11.9 Å². The lowest BCUT2D eigenvalue weighted by Crippen LogP contribution is -2.20. The Bertz CT molecular complexity index is 616. The summed E-state index contributed by atoms with van der Waals surface area (Å²) in [4.78, 5) is 21.6. The summed E-state index contributed by atoms with van der Waals surface area (Å²) >= 11 is 0. The fourth-order valence-electron chi connectivity index (χ4n) is 1.61. The molecule has 1 aromatic heterocycles. The van der Waals surface area contributed by atoms with E-state index in [2.05, 4.69) is 15.5 Å². The number of nitrogens with zero attached hydrogens (tertiary/aromatic N) is 1. The molecule has 0 aliphatic carbocycles. The number of benzene rings is 1. The van der Waals surface area contributed by atoms with E-state index in [4.69, 9.17) is 5.11 Å². The van der Waals surface area contributed by atoms with E-state index in [0.29, 0.717) is 6.54 Å². The van der Waals surface area contributed by atoms with Crippen LogP contribution in [0.5, 0.6) is 0 Å². The highest BCUT2D eigenvalue weighted by Gasteiger charge is 2.00. The van der Waals surface area contributed by atoms with Crippen molar-refractivity contribution in [3.63, 3.8) is 0 Å². The van der Waals surface area contributed by atoms with Gasteiger partial charge in [0.15, 0.2) is 0 Å². The molecule has 0 unspecified atom stereocenters. The molecule has 3 N–H and O–H groups in total. The Morgan fingerprint density at radius 3 is 2.55 bits per heavy atom. The molecule has 6 heteroatoms. The van der Waals surface area contributed by atoms with Gasteiger partial charge >= 0.3 is 5.97 Å². The number of nitrogens with one attached hydrogen (secondary N) is 2. The van der Waals surface area contributed by atoms with Crippen LogP contribution in [0.4, 0.5) is 0 Å². The van der Waals surface area contributed by atoms with Crippen LogP contribution in [0.25, 0.3) is 11.3 Å². The summed E-state index contributed by atoms with van der Waals surface area (Å²) in [6.45, 7) is 0.339. The Morgan fingerprint density at radius 1 is 1.20 bits per heavy atom. The second-order valence-corrected chi connectivity index (χ2v) is 4.06. The summed E-state index contributed by atoms with van der Waals surface area (Å²) in [5.41, 5.74) is 2.85. The van der Waals surface area contributed by atoms with Crippen LogP contribution in [-0.2, 0) is 16.1 Å². The minimum absolute atomic E-state index is 0.339. The first-order chi connectivity index (χ1) is 9.65. The van der Waals surface area contributed by atoms with Gasteiger partial charge in [0.05, 0.1) is 5.69 Å². The molecule has 0 spiro atoms. The molecular weight excluding hydrogens is 258 g/mol. The van der Waals surface area contributed by atoms with Gasteiger partial charge in [0, 0.05) is 24.9 Å². The number of rotatable bonds is 5. The monoisotopic (exact) mass is 271 g/mol. The maximum absolute atomic E-state index is 11.3. The highest BCUT2D eigenvalue weighted by Crippen LogP contribution is 2.16. The first-order valence-corrected chi connectivity index (χ1v) is 5.92. The van der Waals surface area contributed by atoms with Gasteiger partial charge in [-0.3, -0.25) is 9.89 Å². The quantitative estimate of drug-likeness (QED) is 0.715. The number of hydrogen-bond acceptors (Lipinski definition) is 3. The number of carboxylic acids is 1. The standard InChI is InChI=1S/C14H13N3O3/c18-13(5-6-14(19)20)15-9-10-1-3-11(4-2-10)12-7-8-16-17-12/h1-8H,9H2,(H,15,18)(H,16,17)(H,19,20). The van der Waals surface area contributed by atoms with Crippen LogP contribution in [0.1, 0.15) is 5.56 Å². The molecule has 0 radical (unpaired) electrons. The highest BCUT2D eigenvalue weighted by molar-refractivity contribution is 5.93. The lowest BCUT2D eigenvalue weighted by atomic mass is 10.1. The normalized spacial score (nSPS) is 10.6. The van der Waals surface area contributed by atoms with Crippen LogP contribution < -0.4 is 5.32 Å². The van der Waals surface area contributed by atoms with Crippen molar-refractivity contribution in [2.45, 2.75) is 6.54 Å². The van der Waals surface area contributed by atoms with Gasteiger partial charge in [0.2, 0.25) is 5.91 Å². The number of amides is 1. The Labute approximate surface area is 115 Å².